The molecule has 1 aliphatic rings. The van der Waals surface area contributed by atoms with Gasteiger partial charge < -0.3 is 4.74 Å². The van der Waals surface area contributed by atoms with Crippen LogP contribution in [0, 0.1) is 6.92 Å². The highest BCUT2D eigenvalue weighted by Gasteiger charge is 2.35. The second kappa shape index (κ2) is 9.11. The molecule has 2 aromatic carbocycles. The maximum Gasteiger partial charge on any atom is 0.266 e. The number of carbonyl (C=O) groups is 1. The van der Waals surface area contributed by atoms with Crippen molar-refractivity contribution in [2.75, 3.05) is 6.61 Å². The van der Waals surface area contributed by atoms with E-state index in [0.717, 1.165) is 23.4 Å². The molecule has 4 nitrogen and oxygen atoms in total. The number of ether oxygens (including phenoxy) is 1. The van der Waals surface area contributed by atoms with Gasteiger partial charge in [-0.15, -0.1) is 0 Å². The van der Waals surface area contributed by atoms with Gasteiger partial charge in [-0.25, -0.2) is 4.99 Å². The number of aliphatic imine (C=N–C) groups is 1. The molecular weight excluding hydrogens is 368 g/mol. The molecule has 0 aliphatic carbocycles. The van der Waals surface area contributed by atoms with Crippen LogP contribution in [0.4, 0.5) is 5.69 Å². The van der Waals surface area contributed by atoms with Gasteiger partial charge >= 0.3 is 0 Å². The van der Waals surface area contributed by atoms with Crippen LogP contribution >= 0.6 is 11.8 Å². The van der Waals surface area contributed by atoms with Gasteiger partial charge in [0, 0.05) is 11.6 Å². The lowest BCUT2D eigenvalue weighted by Crippen LogP contribution is -2.35. The number of rotatable bonds is 6. The van der Waals surface area contributed by atoms with E-state index in [9.17, 15) is 4.79 Å². The van der Waals surface area contributed by atoms with E-state index in [0.29, 0.717) is 16.7 Å². The fourth-order valence-electron chi connectivity index (χ4n) is 2.83. The summed E-state index contributed by atoms with van der Waals surface area (Å²) in [6, 6.07) is 15.8. The van der Waals surface area contributed by atoms with Crippen molar-refractivity contribution in [1.82, 2.24) is 4.90 Å². The molecule has 0 N–H and O–H groups in total. The van der Waals surface area contributed by atoms with E-state index in [2.05, 4.69) is 6.92 Å². The van der Waals surface area contributed by atoms with Crippen LogP contribution < -0.4 is 4.74 Å². The number of amides is 1. The molecule has 0 bridgehead atoms. The van der Waals surface area contributed by atoms with Crippen molar-refractivity contribution < 1.29 is 9.53 Å². The van der Waals surface area contributed by atoms with Gasteiger partial charge in [0.2, 0.25) is 0 Å². The average Bonchev–Trinajstić information content (AvgIpc) is 2.98. The fraction of sp³-hybridized carbons (Fsp3) is 0.304. The maximum absolute atomic E-state index is 13.0. The van der Waals surface area contributed by atoms with Crippen LogP contribution in [0.25, 0.3) is 6.08 Å². The first kappa shape index (κ1) is 20.2. The zero-order chi connectivity index (χ0) is 20.1. The minimum atomic E-state index is -0.0174. The Morgan fingerprint density at radius 3 is 2.54 bits per heavy atom. The zero-order valence-electron chi connectivity index (χ0n) is 16.8. The number of hydrogen-bond acceptors (Lipinski definition) is 4. The van der Waals surface area contributed by atoms with Gasteiger partial charge in [0.1, 0.15) is 5.75 Å². The first-order valence-electron chi connectivity index (χ1n) is 9.60. The summed E-state index contributed by atoms with van der Waals surface area (Å²) in [6.07, 6.45) is 2.85. The lowest BCUT2D eigenvalue weighted by molar-refractivity contribution is -0.123. The molecular formula is C23H26N2O2S. The van der Waals surface area contributed by atoms with Crippen molar-refractivity contribution in [3.8, 4) is 5.75 Å². The van der Waals surface area contributed by atoms with Crippen LogP contribution in [-0.4, -0.2) is 28.6 Å². The highest BCUT2D eigenvalue weighted by atomic mass is 32.2. The Hall–Kier alpha value is -2.53. The van der Waals surface area contributed by atoms with Crippen molar-refractivity contribution in [3.63, 3.8) is 0 Å². The summed E-state index contributed by atoms with van der Waals surface area (Å²) in [5, 5.41) is 0.710. The zero-order valence-corrected chi connectivity index (χ0v) is 17.6. The summed E-state index contributed by atoms with van der Waals surface area (Å²) >= 11 is 1.41. The molecule has 28 heavy (non-hydrogen) atoms. The van der Waals surface area contributed by atoms with E-state index >= 15 is 0 Å². The number of hydrogen-bond donors (Lipinski definition) is 0. The van der Waals surface area contributed by atoms with Crippen molar-refractivity contribution >= 4 is 34.6 Å². The first-order valence-corrected chi connectivity index (χ1v) is 10.4. The summed E-state index contributed by atoms with van der Waals surface area (Å²) in [5.74, 6) is 0.779. The molecule has 146 valence electrons. The Morgan fingerprint density at radius 1 is 1.14 bits per heavy atom. The van der Waals surface area contributed by atoms with E-state index in [4.69, 9.17) is 9.73 Å². The molecule has 1 aliphatic heterocycles. The Labute approximate surface area is 171 Å². The van der Waals surface area contributed by atoms with Gasteiger partial charge in [0.15, 0.2) is 5.17 Å². The minimum Gasteiger partial charge on any atom is -0.493 e. The molecule has 1 fully saturated rings. The van der Waals surface area contributed by atoms with Gasteiger partial charge in [0.25, 0.3) is 5.91 Å². The van der Waals surface area contributed by atoms with Crippen molar-refractivity contribution in [2.24, 2.45) is 4.99 Å². The average molecular weight is 395 g/mol. The summed E-state index contributed by atoms with van der Waals surface area (Å²) < 4.78 is 5.83. The Kier molecular flexibility index (Phi) is 6.57. The predicted molar refractivity (Wildman–Crippen MR) is 118 cm³/mol. The lowest BCUT2D eigenvalue weighted by Gasteiger charge is -2.19. The molecule has 0 spiro atoms. The summed E-state index contributed by atoms with van der Waals surface area (Å²) in [7, 11) is 0. The molecule has 5 heteroatoms. The molecule has 0 saturated carbocycles. The molecule has 3 rings (SSSR count). The minimum absolute atomic E-state index is 0.0174. The summed E-state index contributed by atoms with van der Waals surface area (Å²) in [6.45, 7) is 8.78. The van der Waals surface area contributed by atoms with Crippen LogP contribution in [0.15, 0.2) is 58.4 Å². The third kappa shape index (κ3) is 4.65. The first-order chi connectivity index (χ1) is 13.5. The van der Waals surface area contributed by atoms with E-state index < -0.39 is 0 Å². The quantitative estimate of drug-likeness (QED) is 0.582. The maximum atomic E-state index is 13.0. The number of carbonyl (C=O) groups excluding carboxylic acids is 1. The van der Waals surface area contributed by atoms with Crippen molar-refractivity contribution in [2.45, 2.75) is 40.2 Å². The summed E-state index contributed by atoms with van der Waals surface area (Å²) in [4.78, 5) is 20.2. The van der Waals surface area contributed by atoms with Crippen molar-refractivity contribution in [3.05, 3.63) is 64.6 Å². The Balaban J connectivity index is 1.94. The second-order valence-corrected chi connectivity index (χ2v) is 8.00. The van der Waals surface area contributed by atoms with Crippen LogP contribution in [0.5, 0.6) is 5.75 Å². The van der Waals surface area contributed by atoms with Crippen LogP contribution in [0.1, 0.15) is 38.3 Å². The molecule has 2 aromatic rings. The normalized spacial score (nSPS) is 17.2. The van der Waals surface area contributed by atoms with E-state index in [1.165, 1.54) is 17.3 Å². The number of nitrogens with zero attached hydrogens (tertiary/aromatic N) is 2. The number of benzene rings is 2. The number of aryl methyl sites for hydroxylation is 1. The molecule has 0 unspecified atom stereocenters. The SMILES string of the molecule is CCCOc1ccccc1/C=C1/SC(=Nc2ccc(C)cc2)N(C(C)C)C1=O. The highest BCUT2D eigenvalue weighted by Crippen LogP contribution is 2.36. The Morgan fingerprint density at radius 2 is 1.86 bits per heavy atom. The number of thioether (sulfide) groups is 1. The number of amidine groups is 1. The molecule has 1 saturated heterocycles. The lowest BCUT2D eigenvalue weighted by atomic mass is 10.2. The molecule has 1 heterocycles. The molecule has 1 amide bonds. The third-order valence-electron chi connectivity index (χ3n) is 4.28. The predicted octanol–water partition coefficient (Wildman–Crippen LogP) is 5.80. The highest BCUT2D eigenvalue weighted by molar-refractivity contribution is 8.18. The van der Waals surface area contributed by atoms with E-state index in [-0.39, 0.29) is 11.9 Å². The smallest absolute Gasteiger partial charge is 0.266 e. The molecule has 0 radical (unpaired) electrons. The van der Waals surface area contributed by atoms with E-state index in [1.54, 1.807) is 4.90 Å². The molecule has 0 atom stereocenters. The second-order valence-electron chi connectivity index (χ2n) is 7.00. The number of para-hydroxylation sites is 1. The van der Waals surface area contributed by atoms with Gasteiger partial charge in [-0.05, 0) is 63.2 Å². The van der Waals surface area contributed by atoms with E-state index in [1.807, 2.05) is 75.4 Å². The van der Waals surface area contributed by atoms with Gasteiger partial charge in [-0.3, -0.25) is 9.69 Å². The van der Waals surface area contributed by atoms with Crippen LogP contribution in [0.3, 0.4) is 0 Å². The third-order valence-corrected chi connectivity index (χ3v) is 5.26. The monoisotopic (exact) mass is 394 g/mol. The van der Waals surface area contributed by atoms with Gasteiger partial charge in [0.05, 0.1) is 17.2 Å². The summed E-state index contributed by atoms with van der Waals surface area (Å²) in [5.41, 5.74) is 2.94. The van der Waals surface area contributed by atoms with Crippen LogP contribution in [-0.2, 0) is 4.79 Å². The van der Waals surface area contributed by atoms with Gasteiger partial charge in [-0.1, -0.05) is 42.8 Å². The standard InChI is InChI=1S/C23H26N2O2S/c1-5-14-27-20-9-7-6-8-18(20)15-21-22(26)25(16(2)3)23(28-21)24-19-12-10-17(4)11-13-19/h6-13,15-16H,5,14H2,1-4H3/b21-15+,24-23?. The van der Waals surface area contributed by atoms with Crippen molar-refractivity contribution in [1.29, 1.82) is 0 Å². The van der Waals surface area contributed by atoms with Crippen LogP contribution in [0.2, 0.25) is 0 Å². The van der Waals surface area contributed by atoms with Gasteiger partial charge in [-0.2, -0.15) is 0 Å². The Bertz CT molecular complexity index is 901. The topological polar surface area (TPSA) is 41.9 Å². The largest absolute Gasteiger partial charge is 0.493 e. The molecule has 0 aromatic heterocycles. The fourth-order valence-corrected chi connectivity index (χ4v) is 3.95.